The quantitative estimate of drug-likeness (QED) is 0.643. The molecule has 25 heavy (non-hydrogen) atoms. The minimum absolute atomic E-state index is 0.197. The van der Waals surface area contributed by atoms with Gasteiger partial charge in [-0.25, -0.2) is 18.4 Å². The summed E-state index contributed by atoms with van der Waals surface area (Å²) in [4.78, 5) is 28.5. The number of hydrogen-bond acceptors (Lipinski definition) is 5. The first-order valence-electron chi connectivity index (χ1n) is 7.23. The molecule has 0 amide bonds. The molecule has 0 aromatic heterocycles. The minimum Gasteiger partial charge on any atom is -0.468 e. The van der Waals surface area contributed by atoms with Crippen LogP contribution in [0.15, 0.2) is 54.6 Å². The maximum atomic E-state index is 13.2. The molecule has 2 aromatic rings. The third-order valence-corrected chi connectivity index (χ3v) is 3.11. The van der Waals surface area contributed by atoms with Gasteiger partial charge >= 0.3 is 11.9 Å². The number of hydrogen-bond donors (Lipinski definition) is 1. The van der Waals surface area contributed by atoms with E-state index in [1.54, 1.807) is 30.3 Å². The van der Waals surface area contributed by atoms with Crippen molar-refractivity contribution in [2.45, 2.75) is 6.04 Å². The minimum atomic E-state index is -1.15. The highest BCUT2D eigenvalue weighted by molar-refractivity contribution is 5.89. The summed E-state index contributed by atoms with van der Waals surface area (Å²) in [7, 11) is 1.16. The molecule has 130 valence electrons. The van der Waals surface area contributed by atoms with Gasteiger partial charge in [0.2, 0.25) is 0 Å². The van der Waals surface area contributed by atoms with E-state index in [1.807, 2.05) is 0 Å². The number of halogens is 2. The van der Waals surface area contributed by atoms with Crippen LogP contribution in [0.5, 0.6) is 0 Å². The Morgan fingerprint density at radius 3 is 2.32 bits per heavy atom. The number of methoxy groups -OCH3 is 1. The summed E-state index contributed by atoms with van der Waals surface area (Å²) < 4.78 is 30.9. The van der Waals surface area contributed by atoms with E-state index in [2.05, 4.69) is 10.2 Å². The number of rotatable bonds is 6. The fourth-order valence-electron chi connectivity index (χ4n) is 1.92. The van der Waals surface area contributed by atoms with Crippen LogP contribution in [0.4, 0.5) is 8.78 Å². The van der Waals surface area contributed by atoms with E-state index in [0.717, 1.165) is 25.3 Å². The van der Waals surface area contributed by atoms with Crippen molar-refractivity contribution in [3.8, 4) is 0 Å². The highest BCUT2D eigenvalue weighted by Gasteiger charge is 2.18. The second-order valence-electron chi connectivity index (χ2n) is 4.94. The number of nitrogens with one attached hydrogen (secondary N) is 1. The van der Waals surface area contributed by atoms with Gasteiger partial charge in [-0.1, -0.05) is 30.4 Å². The molecular weight excluding hydrogens is 332 g/mol. The van der Waals surface area contributed by atoms with Crippen LogP contribution < -0.4 is 5.48 Å². The lowest BCUT2D eigenvalue weighted by molar-refractivity contribution is -0.144. The van der Waals surface area contributed by atoms with E-state index >= 15 is 0 Å². The maximum Gasteiger partial charge on any atom is 0.356 e. The van der Waals surface area contributed by atoms with E-state index in [4.69, 9.17) is 4.84 Å². The lowest BCUT2D eigenvalue weighted by Crippen LogP contribution is -2.37. The summed E-state index contributed by atoms with van der Waals surface area (Å²) in [5, 5.41) is 0. The molecule has 2 rings (SSSR count). The SMILES string of the molecule is COC(=O)C(/C=C/c1cc(F)cc(F)c1)NOC(=O)c1ccccc1. The van der Waals surface area contributed by atoms with Gasteiger partial charge in [-0.05, 0) is 29.8 Å². The molecule has 1 N–H and O–H groups in total. The molecule has 2 aromatic carbocycles. The number of benzene rings is 2. The molecule has 1 unspecified atom stereocenters. The van der Waals surface area contributed by atoms with Crippen molar-refractivity contribution in [1.82, 2.24) is 5.48 Å². The van der Waals surface area contributed by atoms with Crippen LogP contribution in [0.3, 0.4) is 0 Å². The molecule has 0 aliphatic carbocycles. The van der Waals surface area contributed by atoms with Crippen LogP contribution in [0.2, 0.25) is 0 Å². The molecule has 1 atom stereocenters. The fraction of sp³-hybridized carbons (Fsp3) is 0.111. The van der Waals surface area contributed by atoms with Gasteiger partial charge in [0.25, 0.3) is 0 Å². The highest BCUT2D eigenvalue weighted by atomic mass is 19.1. The molecule has 0 heterocycles. The van der Waals surface area contributed by atoms with Crippen LogP contribution in [-0.4, -0.2) is 25.1 Å². The molecule has 0 fully saturated rings. The van der Waals surface area contributed by atoms with Gasteiger partial charge < -0.3 is 9.57 Å². The molecule has 7 heteroatoms. The summed E-state index contributed by atoms with van der Waals surface area (Å²) in [5.74, 6) is -2.94. The predicted molar refractivity (Wildman–Crippen MR) is 86.2 cm³/mol. The van der Waals surface area contributed by atoms with Crippen molar-refractivity contribution in [2.24, 2.45) is 0 Å². The van der Waals surface area contributed by atoms with Gasteiger partial charge in [-0.15, -0.1) is 5.48 Å². The van der Waals surface area contributed by atoms with Crippen LogP contribution in [0, 0.1) is 11.6 Å². The van der Waals surface area contributed by atoms with Crippen LogP contribution >= 0.6 is 0 Å². The zero-order valence-corrected chi connectivity index (χ0v) is 13.2. The summed E-state index contributed by atoms with van der Waals surface area (Å²) in [5.41, 5.74) is 2.75. The molecular formula is C18H15F2NO4. The van der Waals surface area contributed by atoms with Crippen molar-refractivity contribution in [1.29, 1.82) is 0 Å². The van der Waals surface area contributed by atoms with Gasteiger partial charge in [-0.3, -0.25) is 0 Å². The van der Waals surface area contributed by atoms with E-state index in [1.165, 1.54) is 12.2 Å². The van der Waals surface area contributed by atoms with Gasteiger partial charge in [0.1, 0.15) is 11.6 Å². The first kappa shape index (κ1) is 18.3. The molecule has 0 spiro atoms. The van der Waals surface area contributed by atoms with Crippen molar-refractivity contribution in [2.75, 3.05) is 7.11 Å². The molecule has 5 nitrogen and oxygen atoms in total. The largest absolute Gasteiger partial charge is 0.468 e. The summed E-state index contributed by atoms with van der Waals surface area (Å²) in [6.45, 7) is 0. The number of carbonyl (C=O) groups excluding carboxylic acids is 2. The van der Waals surface area contributed by atoms with Crippen molar-refractivity contribution in [3.05, 3.63) is 77.4 Å². The normalized spacial score (nSPS) is 12.0. The van der Waals surface area contributed by atoms with Gasteiger partial charge in [0, 0.05) is 6.07 Å². The van der Waals surface area contributed by atoms with E-state index in [0.29, 0.717) is 0 Å². The Balaban J connectivity index is 2.07. The van der Waals surface area contributed by atoms with E-state index in [-0.39, 0.29) is 11.1 Å². The predicted octanol–water partition coefficient (Wildman–Crippen LogP) is 2.88. The summed E-state index contributed by atoms with van der Waals surface area (Å²) in [6.07, 6.45) is 2.56. The third-order valence-electron chi connectivity index (χ3n) is 3.11. The Kier molecular flexibility index (Phi) is 6.36. The standard InChI is InChI=1S/C18H15F2NO4/c1-24-18(23)16(8-7-12-9-14(19)11-15(20)10-12)21-25-17(22)13-5-3-2-4-6-13/h2-11,16,21H,1H3/b8-7+. The first-order valence-corrected chi connectivity index (χ1v) is 7.23. The average molecular weight is 347 g/mol. The molecule has 0 bridgehead atoms. The Bertz CT molecular complexity index is 758. The molecule has 0 radical (unpaired) electrons. The van der Waals surface area contributed by atoms with E-state index < -0.39 is 29.6 Å². The number of ether oxygens (including phenoxy) is 1. The Morgan fingerprint density at radius 1 is 1.08 bits per heavy atom. The van der Waals surface area contributed by atoms with Crippen LogP contribution in [0.25, 0.3) is 6.08 Å². The monoisotopic (exact) mass is 347 g/mol. The molecule has 0 aliphatic rings. The molecule has 0 aliphatic heterocycles. The lowest BCUT2D eigenvalue weighted by Gasteiger charge is -2.12. The second kappa shape index (κ2) is 8.70. The van der Waals surface area contributed by atoms with Crippen molar-refractivity contribution in [3.63, 3.8) is 0 Å². The Labute approximate surface area is 142 Å². The molecule has 0 saturated heterocycles. The zero-order valence-electron chi connectivity index (χ0n) is 13.2. The third kappa shape index (κ3) is 5.50. The molecule has 0 saturated carbocycles. The maximum absolute atomic E-state index is 13.2. The van der Waals surface area contributed by atoms with Crippen LogP contribution in [-0.2, 0) is 14.4 Å². The van der Waals surface area contributed by atoms with E-state index in [9.17, 15) is 18.4 Å². The summed E-state index contributed by atoms with van der Waals surface area (Å²) in [6, 6.07) is 9.90. The Morgan fingerprint density at radius 2 is 1.72 bits per heavy atom. The lowest BCUT2D eigenvalue weighted by atomic mass is 10.1. The fourth-order valence-corrected chi connectivity index (χ4v) is 1.92. The number of esters is 1. The van der Waals surface area contributed by atoms with Gasteiger partial charge in [0.15, 0.2) is 6.04 Å². The second-order valence-corrected chi connectivity index (χ2v) is 4.94. The number of hydroxylamine groups is 1. The first-order chi connectivity index (χ1) is 12.0. The smallest absolute Gasteiger partial charge is 0.356 e. The Hall–Kier alpha value is -3.06. The van der Waals surface area contributed by atoms with Crippen molar-refractivity contribution < 1.29 is 27.9 Å². The van der Waals surface area contributed by atoms with Gasteiger partial charge in [-0.2, -0.15) is 0 Å². The number of carbonyl (C=O) groups is 2. The van der Waals surface area contributed by atoms with Gasteiger partial charge in [0.05, 0.1) is 12.7 Å². The summed E-state index contributed by atoms with van der Waals surface area (Å²) >= 11 is 0. The highest BCUT2D eigenvalue weighted by Crippen LogP contribution is 2.10. The topological polar surface area (TPSA) is 64.6 Å². The zero-order chi connectivity index (χ0) is 18.2. The van der Waals surface area contributed by atoms with Crippen LogP contribution in [0.1, 0.15) is 15.9 Å². The average Bonchev–Trinajstić information content (AvgIpc) is 2.61. The van der Waals surface area contributed by atoms with Crippen molar-refractivity contribution >= 4 is 18.0 Å².